The highest BCUT2D eigenvalue weighted by molar-refractivity contribution is 5.93. The molecule has 1 heterocycles. The van der Waals surface area contributed by atoms with Gasteiger partial charge in [0.15, 0.2) is 0 Å². The number of amides is 2. The van der Waals surface area contributed by atoms with Gasteiger partial charge in [0.25, 0.3) is 0 Å². The van der Waals surface area contributed by atoms with Crippen molar-refractivity contribution in [1.29, 1.82) is 0 Å². The first-order chi connectivity index (χ1) is 14.6. The molecule has 0 N–H and O–H groups in total. The Morgan fingerprint density at radius 3 is 2.60 bits per heavy atom. The van der Waals surface area contributed by atoms with Gasteiger partial charge in [-0.25, -0.2) is 9.69 Å². The molecule has 0 saturated carbocycles. The lowest BCUT2D eigenvalue weighted by Crippen LogP contribution is -2.40. The second-order valence-corrected chi connectivity index (χ2v) is 7.59. The van der Waals surface area contributed by atoms with Crippen LogP contribution >= 0.6 is 0 Å². The van der Waals surface area contributed by atoms with Crippen molar-refractivity contribution in [1.82, 2.24) is 4.90 Å². The van der Waals surface area contributed by atoms with E-state index >= 15 is 0 Å². The van der Waals surface area contributed by atoms with E-state index in [0.29, 0.717) is 19.3 Å². The van der Waals surface area contributed by atoms with E-state index in [-0.39, 0.29) is 18.6 Å². The highest BCUT2D eigenvalue weighted by Crippen LogP contribution is 2.23. The molecule has 1 saturated heterocycles. The van der Waals surface area contributed by atoms with Crippen molar-refractivity contribution in [3.63, 3.8) is 0 Å². The summed E-state index contributed by atoms with van der Waals surface area (Å²) in [6, 6.07) is 21.9. The molecule has 0 radical (unpaired) electrons. The molecule has 5 nitrogen and oxygen atoms in total. The van der Waals surface area contributed by atoms with Gasteiger partial charge >= 0.3 is 6.09 Å². The smallest absolute Gasteiger partial charge is 0.416 e. The summed E-state index contributed by atoms with van der Waals surface area (Å²) in [7, 11) is 1.66. The number of rotatable bonds is 7. The summed E-state index contributed by atoms with van der Waals surface area (Å²) < 4.78 is 10.4. The molecule has 0 unspecified atom stereocenters. The van der Waals surface area contributed by atoms with E-state index in [2.05, 4.69) is 18.2 Å². The number of methoxy groups -OCH3 is 1. The molecule has 1 aliphatic rings. The average Bonchev–Trinajstić information content (AvgIpc) is 3.13. The Morgan fingerprint density at radius 2 is 1.80 bits per heavy atom. The topological polar surface area (TPSA) is 55.8 Å². The third kappa shape index (κ3) is 4.46. The summed E-state index contributed by atoms with van der Waals surface area (Å²) in [4.78, 5) is 26.2. The maximum Gasteiger partial charge on any atom is 0.416 e. The largest absolute Gasteiger partial charge is 0.497 e. The van der Waals surface area contributed by atoms with Gasteiger partial charge in [-0.15, -0.1) is 0 Å². The number of ether oxygens (including phenoxy) is 2. The Kier molecular flexibility index (Phi) is 5.98. The van der Waals surface area contributed by atoms with E-state index in [1.165, 1.54) is 10.5 Å². The van der Waals surface area contributed by atoms with Crippen LogP contribution in [0, 0.1) is 0 Å². The lowest BCUT2D eigenvalue weighted by Gasteiger charge is -2.19. The molecule has 2 amide bonds. The number of benzene rings is 3. The fraction of sp³-hybridized carbons (Fsp3) is 0.280. The average molecular weight is 403 g/mol. The Morgan fingerprint density at radius 1 is 1.03 bits per heavy atom. The predicted molar refractivity (Wildman–Crippen MR) is 116 cm³/mol. The zero-order valence-electron chi connectivity index (χ0n) is 17.0. The first-order valence-electron chi connectivity index (χ1n) is 10.2. The van der Waals surface area contributed by atoms with Crippen molar-refractivity contribution in [3.05, 3.63) is 77.9 Å². The van der Waals surface area contributed by atoms with Crippen molar-refractivity contribution in [2.24, 2.45) is 0 Å². The van der Waals surface area contributed by atoms with Gasteiger partial charge in [-0.05, 0) is 53.3 Å². The monoisotopic (exact) mass is 403 g/mol. The number of aryl methyl sites for hydroxylation is 1. The normalized spacial score (nSPS) is 16.0. The Labute approximate surface area is 176 Å². The van der Waals surface area contributed by atoms with Gasteiger partial charge in [-0.1, -0.05) is 54.6 Å². The first-order valence-corrected chi connectivity index (χ1v) is 10.2. The minimum absolute atomic E-state index is 0.163. The van der Waals surface area contributed by atoms with E-state index in [1.807, 2.05) is 48.5 Å². The molecule has 3 aromatic rings. The molecule has 0 spiro atoms. The number of hydrogen-bond acceptors (Lipinski definition) is 4. The van der Waals surface area contributed by atoms with Crippen LogP contribution in [0.1, 0.15) is 24.0 Å². The van der Waals surface area contributed by atoms with Crippen LogP contribution in [0.2, 0.25) is 0 Å². The van der Waals surface area contributed by atoms with E-state index in [1.54, 1.807) is 7.11 Å². The molecule has 1 fully saturated rings. The van der Waals surface area contributed by atoms with Gasteiger partial charge in [0.2, 0.25) is 5.91 Å². The van der Waals surface area contributed by atoms with E-state index < -0.39 is 6.09 Å². The van der Waals surface area contributed by atoms with Gasteiger partial charge in [-0.2, -0.15) is 0 Å². The zero-order chi connectivity index (χ0) is 20.9. The molecule has 0 aliphatic carbocycles. The third-order valence-corrected chi connectivity index (χ3v) is 5.51. The number of hydrogen-bond donors (Lipinski definition) is 0. The van der Waals surface area contributed by atoms with E-state index in [0.717, 1.165) is 28.5 Å². The second kappa shape index (κ2) is 8.99. The van der Waals surface area contributed by atoms with Crippen molar-refractivity contribution >= 4 is 22.8 Å². The molecule has 0 bridgehead atoms. The minimum atomic E-state index is -0.527. The molecule has 5 heteroatoms. The summed E-state index contributed by atoms with van der Waals surface area (Å²) in [5.41, 5.74) is 2.26. The van der Waals surface area contributed by atoms with Gasteiger partial charge in [-0.3, -0.25) is 4.79 Å². The minimum Gasteiger partial charge on any atom is -0.497 e. The van der Waals surface area contributed by atoms with Gasteiger partial charge < -0.3 is 9.47 Å². The van der Waals surface area contributed by atoms with Gasteiger partial charge in [0.1, 0.15) is 12.4 Å². The standard InChI is InChI=1S/C25H25NO4/c1-29-23-13-12-20-14-19(10-11-21(20)16-23)8-5-9-24(27)26-22(17-30-25(26)28)15-18-6-3-2-4-7-18/h2-4,6-7,10-14,16,22H,5,8-9,15,17H2,1H3/t22-/m0/s1. The first kappa shape index (κ1) is 20.0. The molecule has 4 rings (SSSR count). The maximum atomic E-state index is 12.7. The highest BCUT2D eigenvalue weighted by Gasteiger charge is 2.37. The number of carbonyl (C=O) groups is 2. The summed E-state index contributed by atoms with van der Waals surface area (Å²) >= 11 is 0. The lowest BCUT2D eigenvalue weighted by atomic mass is 10.0. The van der Waals surface area contributed by atoms with Crippen LogP contribution in [0.25, 0.3) is 10.8 Å². The Bertz CT molecular complexity index is 1050. The van der Waals surface area contributed by atoms with Crippen molar-refractivity contribution in [2.45, 2.75) is 31.7 Å². The van der Waals surface area contributed by atoms with Gasteiger partial charge in [0.05, 0.1) is 13.2 Å². The fourth-order valence-electron chi connectivity index (χ4n) is 3.92. The molecule has 1 aliphatic heterocycles. The van der Waals surface area contributed by atoms with Gasteiger partial charge in [0, 0.05) is 6.42 Å². The molecule has 3 aromatic carbocycles. The van der Waals surface area contributed by atoms with Crippen molar-refractivity contribution < 1.29 is 19.1 Å². The zero-order valence-corrected chi connectivity index (χ0v) is 17.0. The van der Waals surface area contributed by atoms with Crippen LogP contribution in [0.15, 0.2) is 66.7 Å². The molecule has 1 atom stereocenters. The predicted octanol–water partition coefficient (Wildman–Crippen LogP) is 4.76. The summed E-state index contributed by atoms with van der Waals surface area (Å²) in [6.07, 6.45) is 1.87. The molecule has 30 heavy (non-hydrogen) atoms. The van der Waals surface area contributed by atoms with Crippen molar-refractivity contribution in [3.8, 4) is 5.75 Å². The van der Waals surface area contributed by atoms with Crippen LogP contribution in [-0.2, 0) is 22.4 Å². The highest BCUT2D eigenvalue weighted by atomic mass is 16.6. The van der Waals surface area contributed by atoms with Crippen LogP contribution in [0.4, 0.5) is 4.79 Å². The van der Waals surface area contributed by atoms with Crippen LogP contribution in [-0.4, -0.2) is 36.7 Å². The lowest BCUT2D eigenvalue weighted by molar-refractivity contribution is -0.129. The summed E-state index contributed by atoms with van der Waals surface area (Å²) in [6.45, 7) is 0.258. The van der Waals surface area contributed by atoms with Crippen LogP contribution in [0.5, 0.6) is 5.75 Å². The van der Waals surface area contributed by atoms with E-state index in [9.17, 15) is 9.59 Å². The Balaban J connectivity index is 1.35. The van der Waals surface area contributed by atoms with Crippen LogP contribution < -0.4 is 4.74 Å². The number of carbonyl (C=O) groups excluding carboxylic acids is 2. The maximum absolute atomic E-state index is 12.7. The number of fused-ring (bicyclic) bond motifs is 1. The molecule has 0 aromatic heterocycles. The number of nitrogens with zero attached hydrogens (tertiary/aromatic N) is 1. The quantitative estimate of drug-likeness (QED) is 0.571. The second-order valence-electron chi connectivity index (χ2n) is 7.59. The molecular formula is C25H25NO4. The van der Waals surface area contributed by atoms with Crippen molar-refractivity contribution in [2.75, 3.05) is 13.7 Å². The SMILES string of the molecule is COc1ccc2cc(CCCC(=O)N3C(=O)OC[C@@H]3Cc3ccccc3)ccc2c1. The molecular weight excluding hydrogens is 378 g/mol. The number of imide groups is 1. The molecule has 154 valence electrons. The summed E-state index contributed by atoms with van der Waals surface area (Å²) in [5.74, 6) is 0.673. The van der Waals surface area contributed by atoms with E-state index in [4.69, 9.17) is 9.47 Å². The summed E-state index contributed by atoms with van der Waals surface area (Å²) in [5, 5.41) is 2.27. The number of cyclic esters (lactones) is 1. The Hall–Kier alpha value is -3.34. The van der Waals surface area contributed by atoms with Crippen LogP contribution in [0.3, 0.4) is 0 Å². The fourth-order valence-corrected chi connectivity index (χ4v) is 3.92. The third-order valence-electron chi connectivity index (χ3n) is 5.51.